The lowest BCUT2D eigenvalue weighted by Crippen LogP contribution is -2.33. The third-order valence-electron chi connectivity index (χ3n) is 6.10. The van der Waals surface area contributed by atoms with Crippen LogP contribution in [-0.4, -0.2) is 36.2 Å². The maximum atomic E-state index is 12.4. The molecule has 3 nitrogen and oxygen atoms in total. The van der Waals surface area contributed by atoms with Gasteiger partial charge in [-0.2, -0.15) is 0 Å². The van der Waals surface area contributed by atoms with Crippen molar-refractivity contribution in [1.29, 1.82) is 0 Å². The molecule has 1 saturated heterocycles. The topological polar surface area (TPSA) is 32.3 Å². The van der Waals surface area contributed by atoms with E-state index >= 15 is 0 Å². The van der Waals surface area contributed by atoms with Gasteiger partial charge in [0.05, 0.1) is 0 Å². The molecule has 1 fully saturated rings. The summed E-state index contributed by atoms with van der Waals surface area (Å²) in [5.41, 5.74) is 3.47. The summed E-state index contributed by atoms with van der Waals surface area (Å²) in [6.07, 6.45) is 3.72. The van der Waals surface area contributed by atoms with Crippen molar-refractivity contribution in [2.24, 2.45) is 5.92 Å². The fourth-order valence-corrected chi connectivity index (χ4v) is 5.06. The van der Waals surface area contributed by atoms with Gasteiger partial charge in [0.2, 0.25) is 0 Å². The minimum absolute atomic E-state index is 0.00642. The van der Waals surface area contributed by atoms with E-state index in [-0.39, 0.29) is 5.91 Å². The highest BCUT2D eigenvalue weighted by Gasteiger charge is 2.19. The van der Waals surface area contributed by atoms with Gasteiger partial charge in [0.1, 0.15) is 0 Å². The van der Waals surface area contributed by atoms with E-state index in [2.05, 4.69) is 64.8 Å². The summed E-state index contributed by atoms with van der Waals surface area (Å²) in [4.78, 5) is 16.2. The van der Waals surface area contributed by atoms with Crippen LogP contribution in [0.1, 0.15) is 34.3 Å². The van der Waals surface area contributed by atoms with Crippen LogP contribution in [-0.2, 0) is 13.0 Å². The van der Waals surface area contributed by atoms with E-state index in [9.17, 15) is 4.79 Å². The standard InChI is InChI=1S/C28H32N2OS/c31-28(29-17-20-32-27-9-5-2-6-10-27)26-13-11-25(12-14-26)22-30-18-15-24(16-19-30)21-23-7-3-1-4-8-23/h1-14,24H,15-22H2,(H,29,31). The fraction of sp³-hybridized carbons (Fsp3) is 0.321. The van der Waals surface area contributed by atoms with Crippen molar-refractivity contribution >= 4 is 17.7 Å². The van der Waals surface area contributed by atoms with Gasteiger partial charge in [0.15, 0.2) is 0 Å². The average Bonchev–Trinajstić information content (AvgIpc) is 2.85. The van der Waals surface area contributed by atoms with E-state index in [0.29, 0.717) is 6.54 Å². The summed E-state index contributed by atoms with van der Waals surface area (Å²) in [7, 11) is 0. The van der Waals surface area contributed by atoms with Crippen LogP contribution < -0.4 is 5.32 Å². The molecule has 1 heterocycles. The summed E-state index contributed by atoms with van der Waals surface area (Å²) in [5.74, 6) is 1.67. The Kier molecular flexibility index (Phi) is 8.41. The molecule has 166 valence electrons. The zero-order valence-electron chi connectivity index (χ0n) is 18.6. The maximum absolute atomic E-state index is 12.4. The van der Waals surface area contributed by atoms with Crippen LogP contribution in [0, 0.1) is 5.92 Å². The first-order valence-electron chi connectivity index (χ1n) is 11.6. The summed E-state index contributed by atoms with van der Waals surface area (Å²) in [5, 5.41) is 3.02. The second-order valence-electron chi connectivity index (χ2n) is 8.52. The average molecular weight is 445 g/mol. The molecule has 1 amide bonds. The first-order valence-corrected chi connectivity index (χ1v) is 12.6. The molecule has 0 spiro atoms. The lowest BCUT2D eigenvalue weighted by atomic mass is 9.90. The van der Waals surface area contributed by atoms with Gasteiger partial charge in [0.25, 0.3) is 5.91 Å². The fourth-order valence-electron chi connectivity index (χ4n) is 4.27. The highest BCUT2D eigenvalue weighted by Crippen LogP contribution is 2.23. The first-order chi connectivity index (χ1) is 15.8. The normalized spacial score (nSPS) is 14.9. The van der Waals surface area contributed by atoms with E-state index in [0.717, 1.165) is 36.9 Å². The number of hydrogen-bond acceptors (Lipinski definition) is 3. The van der Waals surface area contributed by atoms with Crippen LogP contribution in [0.25, 0.3) is 0 Å². The predicted octanol–water partition coefficient (Wildman–Crippen LogP) is 5.66. The molecule has 3 aromatic carbocycles. The number of piperidine rings is 1. The molecule has 1 aliphatic heterocycles. The van der Waals surface area contributed by atoms with E-state index in [4.69, 9.17) is 0 Å². The highest BCUT2D eigenvalue weighted by molar-refractivity contribution is 7.99. The zero-order chi connectivity index (χ0) is 22.0. The summed E-state index contributed by atoms with van der Waals surface area (Å²) < 4.78 is 0. The Morgan fingerprint density at radius 3 is 2.19 bits per heavy atom. The second-order valence-corrected chi connectivity index (χ2v) is 9.69. The molecule has 4 rings (SSSR count). The lowest BCUT2D eigenvalue weighted by molar-refractivity contribution is 0.0956. The smallest absolute Gasteiger partial charge is 0.251 e. The maximum Gasteiger partial charge on any atom is 0.251 e. The third-order valence-corrected chi connectivity index (χ3v) is 7.11. The van der Waals surface area contributed by atoms with Gasteiger partial charge in [-0.25, -0.2) is 0 Å². The van der Waals surface area contributed by atoms with Crippen LogP contribution in [0.5, 0.6) is 0 Å². The van der Waals surface area contributed by atoms with Crippen LogP contribution in [0.15, 0.2) is 89.8 Å². The number of amides is 1. The molecular weight excluding hydrogens is 412 g/mol. The lowest BCUT2D eigenvalue weighted by Gasteiger charge is -2.32. The number of carbonyl (C=O) groups is 1. The van der Waals surface area contributed by atoms with Crippen molar-refractivity contribution in [2.75, 3.05) is 25.4 Å². The number of carbonyl (C=O) groups excluding carboxylic acids is 1. The quantitative estimate of drug-likeness (QED) is 0.341. The summed E-state index contributed by atoms with van der Waals surface area (Å²) >= 11 is 1.76. The van der Waals surface area contributed by atoms with E-state index < -0.39 is 0 Å². The minimum atomic E-state index is 0.00642. The molecule has 0 atom stereocenters. The number of hydrogen-bond donors (Lipinski definition) is 1. The van der Waals surface area contributed by atoms with Crippen molar-refractivity contribution in [3.8, 4) is 0 Å². The molecular formula is C28H32N2OS. The van der Waals surface area contributed by atoms with Crippen LogP contribution in [0.4, 0.5) is 0 Å². The van der Waals surface area contributed by atoms with Gasteiger partial charge in [-0.15, -0.1) is 11.8 Å². The van der Waals surface area contributed by atoms with Gasteiger partial charge < -0.3 is 5.32 Å². The molecule has 0 unspecified atom stereocenters. The molecule has 0 saturated carbocycles. The van der Waals surface area contributed by atoms with Crippen molar-refractivity contribution in [1.82, 2.24) is 10.2 Å². The van der Waals surface area contributed by atoms with E-state index in [1.165, 1.54) is 35.3 Å². The molecule has 0 aliphatic carbocycles. The number of thioether (sulfide) groups is 1. The van der Waals surface area contributed by atoms with Crippen molar-refractivity contribution in [2.45, 2.75) is 30.7 Å². The largest absolute Gasteiger partial charge is 0.351 e. The minimum Gasteiger partial charge on any atom is -0.351 e. The van der Waals surface area contributed by atoms with Crippen LogP contribution in [0.3, 0.4) is 0 Å². The molecule has 0 radical (unpaired) electrons. The zero-order valence-corrected chi connectivity index (χ0v) is 19.4. The van der Waals surface area contributed by atoms with Crippen molar-refractivity contribution in [3.05, 3.63) is 102 Å². The number of likely N-dealkylation sites (tertiary alicyclic amines) is 1. The van der Waals surface area contributed by atoms with E-state index in [1.807, 2.05) is 30.3 Å². The van der Waals surface area contributed by atoms with Crippen LogP contribution >= 0.6 is 11.8 Å². The highest BCUT2D eigenvalue weighted by atomic mass is 32.2. The Morgan fingerprint density at radius 1 is 0.844 bits per heavy atom. The third kappa shape index (κ3) is 6.98. The monoisotopic (exact) mass is 444 g/mol. The molecule has 3 aromatic rings. The SMILES string of the molecule is O=C(NCCSc1ccccc1)c1ccc(CN2CCC(Cc3ccccc3)CC2)cc1. The first kappa shape index (κ1) is 22.6. The molecule has 0 aromatic heterocycles. The number of nitrogens with zero attached hydrogens (tertiary/aromatic N) is 1. The molecule has 1 N–H and O–H groups in total. The van der Waals surface area contributed by atoms with Crippen molar-refractivity contribution < 1.29 is 4.79 Å². The Hall–Kier alpha value is -2.56. The van der Waals surface area contributed by atoms with Gasteiger partial charge in [-0.05, 0) is 73.7 Å². The Balaban J connectivity index is 1.16. The van der Waals surface area contributed by atoms with Gasteiger partial charge >= 0.3 is 0 Å². The molecule has 32 heavy (non-hydrogen) atoms. The molecule has 1 aliphatic rings. The van der Waals surface area contributed by atoms with Gasteiger partial charge in [-0.1, -0.05) is 60.7 Å². The summed E-state index contributed by atoms with van der Waals surface area (Å²) in [6.45, 7) is 3.93. The van der Waals surface area contributed by atoms with Crippen molar-refractivity contribution in [3.63, 3.8) is 0 Å². The Labute approximate surface area is 196 Å². The van der Waals surface area contributed by atoms with Crippen LogP contribution in [0.2, 0.25) is 0 Å². The second kappa shape index (κ2) is 11.9. The predicted molar refractivity (Wildman–Crippen MR) is 134 cm³/mol. The molecule has 0 bridgehead atoms. The Bertz CT molecular complexity index is 952. The number of rotatable bonds is 9. The summed E-state index contributed by atoms with van der Waals surface area (Å²) in [6, 6.07) is 29.2. The molecule has 4 heteroatoms. The van der Waals surface area contributed by atoms with E-state index in [1.54, 1.807) is 11.8 Å². The number of benzene rings is 3. The van der Waals surface area contributed by atoms with Gasteiger partial charge in [0, 0.05) is 29.3 Å². The number of nitrogens with one attached hydrogen (secondary N) is 1. The van der Waals surface area contributed by atoms with Gasteiger partial charge in [-0.3, -0.25) is 9.69 Å². The Morgan fingerprint density at radius 2 is 1.50 bits per heavy atom.